The van der Waals surface area contributed by atoms with Crippen LogP contribution in [0.5, 0.6) is 0 Å². The van der Waals surface area contributed by atoms with Gasteiger partial charge in [-0.2, -0.15) is 0 Å². The van der Waals surface area contributed by atoms with E-state index in [0.29, 0.717) is 11.5 Å². The van der Waals surface area contributed by atoms with Crippen molar-refractivity contribution in [2.75, 3.05) is 37.8 Å². The number of Topliss-reactive ketones (excluding diaryl/α,β-unsaturated/α-hetero) is 1. The lowest BCUT2D eigenvalue weighted by Gasteiger charge is -2.28. The van der Waals surface area contributed by atoms with Gasteiger partial charge in [-0.25, -0.2) is 9.97 Å². The fourth-order valence-corrected chi connectivity index (χ4v) is 1.74. The Morgan fingerprint density at radius 1 is 1.55 bits per heavy atom. The highest BCUT2D eigenvalue weighted by atomic mass is 16.3. The van der Waals surface area contributed by atoms with Crippen molar-refractivity contribution < 1.29 is 9.90 Å². The Kier molecular flexibility index (Phi) is 5.53. The number of aliphatic imine (C=N–C) groups is 1. The smallest absolute Gasteiger partial charge is 0.160 e. The van der Waals surface area contributed by atoms with E-state index in [-0.39, 0.29) is 24.7 Å². The highest BCUT2D eigenvalue weighted by molar-refractivity contribution is 5.77. The molecule has 0 spiro atoms. The zero-order valence-electron chi connectivity index (χ0n) is 11.9. The summed E-state index contributed by atoms with van der Waals surface area (Å²) in [7, 11) is 3.40. The van der Waals surface area contributed by atoms with Crippen molar-refractivity contribution in [2.24, 2.45) is 4.99 Å². The SMILES string of the molecule is C=Nc1c(N)ncnc1N(C)CC(O)N(C)CC(C)=O. The summed E-state index contributed by atoms with van der Waals surface area (Å²) in [5.41, 5.74) is 6.07. The number of carbonyl (C=O) groups excluding carboxylic acids is 1. The molecule has 0 bridgehead atoms. The van der Waals surface area contributed by atoms with Gasteiger partial charge in [-0.3, -0.25) is 14.7 Å². The normalized spacial score (nSPS) is 12.2. The van der Waals surface area contributed by atoms with Gasteiger partial charge in [-0.1, -0.05) is 0 Å². The monoisotopic (exact) mass is 280 g/mol. The van der Waals surface area contributed by atoms with Crippen molar-refractivity contribution in [1.29, 1.82) is 0 Å². The van der Waals surface area contributed by atoms with Crippen LogP contribution in [-0.2, 0) is 4.79 Å². The van der Waals surface area contributed by atoms with E-state index in [0.717, 1.165) is 0 Å². The molecule has 1 heterocycles. The Balaban J connectivity index is 2.81. The minimum absolute atomic E-state index is 0.0195. The number of hydrogen-bond acceptors (Lipinski definition) is 8. The molecule has 0 fully saturated rings. The van der Waals surface area contributed by atoms with E-state index in [9.17, 15) is 9.90 Å². The molecule has 0 saturated heterocycles. The fraction of sp³-hybridized carbons (Fsp3) is 0.500. The summed E-state index contributed by atoms with van der Waals surface area (Å²) in [4.78, 5) is 26.0. The minimum atomic E-state index is -0.822. The van der Waals surface area contributed by atoms with Gasteiger partial charge < -0.3 is 15.7 Å². The van der Waals surface area contributed by atoms with Crippen LogP contribution in [0.15, 0.2) is 11.3 Å². The second kappa shape index (κ2) is 6.92. The number of nitrogen functional groups attached to an aromatic ring is 1. The predicted octanol–water partition coefficient (Wildman–Crippen LogP) is -0.334. The summed E-state index contributed by atoms with van der Waals surface area (Å²) in [6.07, 6.45) is 0.499. The Bertz CT molecular complexity index is 493. The number of likely N-dealkylation sites (N-methyl/N-ethyl adjacent to an activating group) is 2. The van der Waals surface area contributed by atoms with Crippen LogP contribution < -0.4 is 10.6 Å². The van der Waals surface area contributed by atoms with E-state index in [1.54, 1.807) is 23.9 Å². The summed E-state index contributed by atoms with van der Waals surface area (Å²) in [5, 5.41) is 10.0. The zero-order chi connectivity index (χ0) is 15.3. The van der Waals surface area contributed by atoms with Crippen LogP contribution in [0.4, 0.5) is 17.3 Å². The second-order valence-electron chi connectivity index (χ2n) is 4.57. The van der Waals surface area contributed by atoms with Crippen LogP contribution in [-0.4, -0.2) is 65.9 Å². The highest BCUT2D eigenvalue weighted by Crippen LogP contribution is 2.29. The van der Waals surface area contributed by atoms with E-state index in [1.807, 2.05) is 0 Å². The van der Waals surface area contributed by atoms with E-state index in [2.05, 4.69) is 21.7 Å². The molecule has 0 saturated carbocycles. The molecule has 1 rings (SSSR count). The first-order valence-electron chi connectivity index (χ1n) is 6.02. The van der Waals surface area contributed by atoms with Gasteiger partial charge in [0.15, 0.2) is 11.6 Å². The van der Waals surface area contributed by atoms with Gasteiger partial charge in [-0.15, -0.1) is 0 Å². The maximum atomic E-state index is 11.0. The molecule has 1 unspecified atom stereocenters. The standard InChI is InChI=1S/C12H20N6O2/c1-8(19)5-17(3)9(20)6-18(4)12-10(14-2)11(13)15-7-16-12/h7,9,20H,2,5-6H2,1,3-4H3,(H2,13,15,16). The molecule has 20 heavy (non-hydrogen) atoms. The predicted molar refractivity (Wildman–Crippen MR) is 78.2 cm³/mol. The van der Waals surface area contributed by atoms with Gasteiger partial charge >= 0.3 is 0 Å². The number of aromatic nitrogens is 2. The quantitative estimate of drug-likeness (QED) is 0.520. The van der Waals surface area contributed by atoms with Gasteiger partial charge in [0.2, 0.25) is 0 Å². The van der Waals surface area contributed by atoms with Gasteiger partial charge in [0, 0.05) is 7.05 Å². The fourth-order valence-electron chi connectivity index (χ4n) is 1.74. The van der Waals surface area contributed by atoms with E-state index in [4.69, 9.17) is 5.73 Å². The van der Waals surface area contributed by atoms with Crippen LogP contribution in [0.3, 0.4) is 0 Å². The number of nitrogens with two attached hydrogens (primary N) is 1. The molecule has 8 nitrogen and oxygen atoms in total. The number of carbonyl (C=O) groups is 1. The van der Waals surface area contributed by atoms with E-state index in [1.165, 1.54) is 13.3 Å². The number of aliphatic hydroxyl groups excluding tert-OH is 1. The van der Waals surface area contributed by atoms with E-state index >= 15 is 0 Å². The summed E-state index contributed by atoms with van der Waals surface area (Å²) in [5.74, 6) is 0.681. The van der Waals surface area contributed by atoms with E-state index < -0.39 is 6.23 Å². The first kappa shape index (κ1) is 16.0. The molecule has 0 aliphatic carbocycles. The molecular formula is C12H20N6O2. The average molecular weight is 280 g/mol. The lowest BCUT2D eigenvalue weighted by Crippen LogP contribution is -2.43. The molecule has 8 heteroatoms. The number of ketones is 1. The maximum Gasteiger partial charge on any atom is 0.160 e. The topological polar surface area (TPSA) is 108 Å². The molecule has 3 N–H and O–H groups in total. The average Bonchev–Trinajstić information content (AvgIpc) is 2.37. The van der Waals surface area contributed by atoms with Gasteiger partial charge in [0.1, 0.15) is 24.0 Å². The first-order valence-corrected chi connectivity index (χ1v) is 6.02. The molecule has 0 aromatic carbocycles. The molecule has 110 valence electrons. The first-order chi connectivity index (χ1) is 9.36. The third-order valence-electron chi connectivity index (χ3n) is 2.77. The van der Waals surface area contributed by atoms with Crippen LogP contribution in [0.2, 0.25) is 0 Å². The Morgan fingerprint density at radius 3 is 2.75 bits per heavy atom. The largest absolute Gasteiger partial charge is 0.382 e. The number of rotatable bonds is 7. The molecule has 1 atom stereocenters. The third-order valence-corrected chi connectivity index (χ3v) is 2.77. The Morgan fingerprint density at radius 2 is 2.20 bits per heavy atom. The van der Waals surface area contributed by atoms with Crippen molar-refractivity contribution in [1.82, 2.24) is 14.9 Å². The minimum Gasteiger partial charge on any atom is -0.382 e. The van der Waals surface area contributed by atoms with Crippen LogP contribution >= 0.6 is 0 Å². The number of aliphatic hydroxyl groups is 1. The van der Waals surface area contributed by atoms with Crippen molar-refractivity contribution in [3.05, 3.63) is 6.33 Å². The van der Waals surface area contributed by atoms with Crippen molar-refractivity contribution in [2.45, 2.75) is 13.2 Å². The van der Waals surface area contributed by atoms with Crippen molar-refractivity contribution in [3.63, 3.8) is 0 Å². The summed E-state index contributed by atoms with van der Waals surface area (Å²) >= 11 is 0. The lowest BCUT2D eigenvalue weighted by molar-refractivity contribution is -0.120. The zero-order valence-corrected chi connectivity index (χ0v) is 11.9. The molecular weight excluding hydrogens is 260 g/mol. The van der Waals surface area contributed by atoms with Crippen molar-refractivity contribution in [3.8, 4) is 0 Å². The van der Waals surface area contributed by atoms with Gasteiger partial charge in [-0.05, 0) is 20.7 Å². The van der Waals surface area contributed by atoms with Gasteiger partial charge in [0.05, 0.1) is 13.1 Å². The molecule has 1 aromatic heterocycles. The second-order valence-corrected chi connectivity index (χ2v) is 4.57. The van der Waals surface area contributed by atoms with Crippen LogP contribution in [0.25, 0.3) is 0 Å². The lowest BCUT2D eigenvalue weighted by atomic mass is 10.3. The summed E-state index contributed by atoms with van der Waals surface area (Å²) < 4.78 is 0. The Hall–Kier alpha value is -2.06. The number of anilines is 2. The summed E-state index contributed by atoms with van der Waals surface area (Å²) in [6, 6.07) is 0. The maximum absolute atomic E-state index is 11.0. The highest BCUT2D eigenvalue weighted by Gasteiger charge is 2.18. The molecule has 0 radical (unpaired) electrons. The van der Waals surface area contributed by atoms with Crippen LogP contribution in [0, 0.1) is 0 Å². The Labute approximate surface area is 118 Å². The molecule has 0 amide bonds. The van der Waals surface area contributed by atoms with Gasteiger partial charge in [0.25, 0.3) is 0 Å². The van der Waals surface area contributed by atoms with Crippen LogP contribution in [0.1, 0.15) is 6.92 Å². The molecule has 0 aliphatic heterocycles. The number of nitrogens with zero attached hydrogens (tertiary/aromatic N) is 5. The molecule has 0 aliphatic rings. The number of hydrogen-bond donors (Lipinski definition) is 2. The summed E-state index contributed by atoms with van der Waals surface area (Å²) in [6.45, 7) is 5.32. The third kappa shape index (κ3) is 3.97. The van der Waals surface area contributed by atoms with Crippen molar-refractivity contribution >= 4 is 29.8 Å². The molecule has 1 aromatic rings.